The van der Waals surface area contributed by atoms with Gasteiger partial charge in [0.1, 0.15) is 0 Å². The second kappa shape index (κ2) is 6.94. The molecule has 136 valence electrons. The van der Waals surface area contributed by atoms with Crippen LogP contribution >= 0.6 is 11.3 Å². The molecule has 1 fully saturated rings. The van der Waals surface area contributed by atoms with E-state index in [1.165, 1.54) is 11.3 Å². The van der Waals surface area contributed by atoms with Crippen LogP contribution in [0.25, 0.3) is 22.2 Å². The van der Waals surface area contributed by atoms with Gasteiger partial charge in [-0.25, -0.2) is 8.42 Å². The van der Waals surface area contributed by atoms with Gasteiger partial charge in [-0.15, -0.1) is 11.3 Å². The Hall–Kier alpha value is -2.03. The highest BCUT2D eigenvalue weighted by atomic mass is 32.2. The molecule has 4 rings (SSSR count). The van der Waals surface area contributed by atoms with Gasteiger partial charge in [-0.1, -0.05) is 18.1 Å². The third-order valence-electron chi connectivity index (χ3n) is 4.65. The van der Waals surface area contributed by atoms with Crippen molar-refractivity contribution in [3.8, 4) is 22.2 Å². The topological polar surface area (TPSA) is 76.3 Å². The van der Waals surface area contributed by atoms with Gasteiger partial charge in [0.05, 0.1) is 9.77 Å². The van der Waals surface area contributed by atoms with Crippen LogP contribution in [-0.4, -0.2) is 36.0 Å². The van der Waals surface area contributed by atoms with Crippen molar-refractivity contribution in [1.82, 2.24) is 14.4 Å². The van der Waals surface area contributed by atoms with Crippen LogP contribution < -0.4 is 0 Å². The van der Waals surface area contributed by atoms with E-state index in [4.69, 9.17) is 4.52 Å². The normalized spacial score (nSPS) is 16.8. The lowest BCUT2D eigenvalue weighted by Gasteiger charge is -2.29. The maximum absolute atomic E-state index is 12.8. The minimum Gasteiger partial charge on any atom is -0.333 e. The summed E-state index contributed by atoms with van der Waals surface area (Å²) in [6, 6.07) is 10.5. The number of rotatable bonds is 4. The van der Waals surface area contributed by atoms with E-state index < -0.39 is 10.0 Å². The van der Waals surface area contributed by atoms with Crippen LogP contribution in [0.1, 0.15) is 19.8 Å². The van der Waals surface area contributed by atoms with Gasteiger partial charge in [0, 0.05) is 18.7 Å². The van der Waals surface area contributed by atoms with Gasteiger partial charge in [0.2, 0.25) is 15.8 Å². The summed E-state index contributed by atoms with van der Waals surface area (Å²) in [5, 5.41) is 5.94. The first kappa shape index (κ1) is 17.4. The molecule has 1 saturated heterocycles. The number of piperidine rings is 1. The molecule has 6 nitrogen and oxygen atoms in total. The van der Waals surface area contributed by atoms with E-state index in [2.05, 4.69) is 17.1 Å². The van der Waals surface area contributed by atoms with Crippen molar-refractivity contribution in [3.63, 3.8) is 0 Å². The number of aromatic nitrogens is 2. The number of benzene rings is 1. The summed E-state index contributed by atoms with van der Waals surface area (Å²) < 4.78 is 32.4. The van der Waals surface area contributed by atoms with Gasteiger partial charge >= 0.3 is 0 Å². The largest absolute Gasteiger partial charge is 0.333 e. The van der Waals surface area contributed by atoms with Crippen LogP contribution in [0, 0.1) is 5.92 Å². The highest BCUT2D eigenvalue weighted by Gasteiger charge is 2.28. The lowest BCUT2D eigenvalue weighted by molar-refractivity contribution is 0.288. The van der Waals surface area contributed by atoms with Crippen LogP contribution in [-0.2, 0) is 10.0 Å². The van der Waals surface area contributed by atoms with E-state index in [-0.39, 0.29) is 0 Å². The molecule has 0 aliphatic carbocycles. The number of sulfonamides is 1. The SMILES string of the molecule is CC1CCN(S(=O)(=O)c2ccc(-c3noc(-c4cccs4)n3)cc2)CC1. The quantitative estimate of drug-likeness (QED) is 0.677. The highest BCUT2D eigenvalue weighted by Crippen LogP contribution is 2.27. The fourth-order valence-corrected chi connectivity index (χ4v) is 5.11. The molecule has 0 N–H and O–H groups in total. The summed E-state index contributed by atoms with van der Waals surface area (Å²) >= 11 is 1.53. The van der Waals surface area contributed by atoms with Gasteiger partial charge in [0.15, 0.2) is 0 Å². The second-order valence-corrected chi connectivity index (χ2v) is 9.40. The molecule has 1 aliphatic rings. The van der Waals surface area contributed by atoms with Crippen molar-refractivity contribution in [2.24, 2.45) is 5.92 Å². The monoisotopic (exact) mass is 389 g/mol. The summed E-state index contributed by atoms with van der Waals surface area (Å²) in [6.07, 6.45) is 1.82. The number of hydrogen-bond acceptors (Lipinski definition) is 6. The molecule has 8 heteroatoms. The Balaban J connectivity index is 1.55. The van der Waals surface area contributed by atoms with Crippen LogP contribution in [0.4, 0.5) is 0 Å². The smallest absolute Gasteiger partial charge is 0.268 e. The molecule has 0 atom stereocenters. The molecule has 3 heterocycles. The van der Waals surface area contributed by atoms with Crippen molar-refractivity contribution < 1.29 is 12.9 Å². The van der Waals surface area contributed by atoms with Gasteiger partial charge in [-0.2, -0.15) is 9.29 Å². The minimum atomic E-state index is -3.44. The van der Waals surface area contributed by atoms with Crippen LogP contribution in [0.3, 0.4) is 0 Å². The molecular weight excluding hydrogens is 370 g/mol. The molecule has 3 aromatic rings. The predicted octanol–water partition coefficient (Wildman–Crippen LogP) is 3.89. The average Bonchev–Trinajstić information content (AvgIpc) is 3.34. The molecule has 0 spiro atoms. The third-order valence-corrected chi connectivity index (χ3v) is 7.42. The lowest BCUT2D eigenvalue weighted by atomic mass is 10.0. The molecule has 1 aromatic carbocycles. The molecule has 0 bridgehead atoms. The second-order valence-electron chi connectivity index (χ2n) is 6.51. The molecule has 0 radical (unpaired) electrons. The highest BCUT2D eigenvalue weighted by molar-refractivity contribution is 7.89. The zero-order valence-corrected chi connectivity index (χ0v) is 16.0. The van der Waals surface area contributed by atoms with E-state index in [1.54, 1.807) is 28.6 Å². The van der Waals surface area contributed by atoms with Crippen LogP contribution in [0.5, 0.6) is 0 Å². The standard InChI is InChI=1S/C18H19N3O3S2/c1-13-8-10-21(11-9-13)26(22,23)15-6-4-14(5-7-15)17-19-18(24-20-17)16-3-2-12-25-16/h2-7,12-13H,8-11H2,1H3. The fourth-order valence-electron chi connectivity index (χ4n) is 2.99. The molecular formula is C18H19N3O3S2. The maximum Gasteiger partial charge on any atom is 0.268 e. The summed E-state index contributed by atoms with van der Waals surface area (Å²) in [7, 11) is -3.44. The summed E-state index contributed by atoms with van der Waals surface area (Å²) in [6.45, 7) is 3.33. The van der Waals surface area contributed by atoms with Gasteiger partial charge in [-0.05, 0) is 54.5 Å². The van der Waals surface area contributed by atoms with Crippen LogP contribution in [0.2, 0.25) is 0 Å². The minimum absolute atomic E-state index is 0.303. The molecule has 2 aromatic heterocycles. The maximum atomic E-state index is 12.8. The fraction of sp³-hybridized carbons (Fsp3) is 0.333. The van der Waals surface area contributed by atoms with Crippen molar-refractivity contribution in [3.05, 3.63) is 41.8 Å². The number of hydrogen-bond donors (Lipinski definition) is 0. The summed E-state index contributed by atoms with van der Waals surface area (Å²) in [4.78, 5) is 5.59. The first-order chi connectivity index (χ1) is 12.5. The molecule has 0 unspecified atom stereocenters. The predicted molar refractivity (Wildman–Crippen MR) is 100 cm³/mol. The molecule has 1 aliphatic heterocycles. The Morgan fingerprint density at radius 2 is 1.88 bits per heavy atom. The summed E-state index contributed by atoms with van der Waals surface area (Å²) in [5.74, 6) is 1.50. The molecule has 0 saturated carbocycles. The Kier molecular flexibility index (Phi) is 4.64. The molecule has 26 heavy (non-hydrogen) atoms. The van der Waals surface area contributed by atoms with Crippen molar-refractivity contribution >= 4 is 21.4 Å². The zero-order valence-electron chi connectivity index (χ0n) is 14.3. The number of thiophene rings is 1. The van der Waals surface area contributed by atoms with Crippen LogP contribution in [0.15, 0.2) is 51.2 Å². The zero-order chi connectivity index (χ0) is 18.1. The third kappa shape index (κ3) is 3.32. The summed E-state index contributed by atoms with van der Waals surface area (Å²) in [5.41, 5.74) is 0.725. The van der Waals surface area contributed by atoms with Crippen molar-refractivity contribution in [1.29, 1.82) is 0 Å². The molecule has 0 amide bonds. The van der Waals surface area contributed by atoms with E-state index in [0.717, 1.165) is 23.3 Å². The number of nitrogens with zero attached hydrogens (tertiary/aromatic N) is 3. The first-order valence-corrected chi connectivity index (χ1v) is 10.8. The first-order valence-electron chi connectivity index (χ1n) is 8.52. The van der Waals surface area contributed by atoms with E-state index >= 15 is 0 Å². The van der Waals surface area contributed by atoms with E-state index in [1.807, 2.05) is 17.5 Å². The Morgan fingerprint density at radius 1 is 1.15 bits per heavy atom. The van der Waals surface area contributed by atoms with Gasteiger partial charge < -0.3 is 4.52 Å². The Labute approximate surface area is 156 Å². The van der Waals surface area contributed by atoms with Gasteiger partial charge in [-0.3, -0.25) is 0 Å². The Bertz CT molecular complexity index is 971. The van der Waals surface area contributed by atoms with Crippen molar-refractivity contribution in [2.45, 2.75) is 24.7 Å². The Morgan fingerprint density at radius 3 is 2.54 bits per heavy atom. The van der Waals surface area contributed by atoms with Gasteiger partial charge in [0.25, 0.3) is 5.89 Å². The van der Waals surface area contributed by atoms with Crippen molar-refractivity contribution in [2.75, 3.05) is 13.1 Å². The van der Waals surface area contributed by atoms with E-state index in [9.17, 15) is 8.42 Å². The van der Waals surface area contributed by atoms with E-state index in [0.29, 0.717) is 35.6 Å². The average molecular weight is 390 g/mol. The lowest BCUT2D eigenvalue weighted by Crippen LogP contribution is -2.37.